The van der Waals surface area contributed by atoms with E-state index in [1.54, 1.807) is 0 Å². The Hall–Kier alpha value is -1.31. The maximum Gasteiger partial charge on any atom is 0.254 e. The van der Waals surface area contributed by atoms with Gasteiger partial charge >= 0.3 is 0 Å². The Labute approximate surface area is 122 Å². The second-order valence-electron chi connectivity index (χ2n) is 7.24. The molecule has 1 saturated carbocycles. The van der Waals surface area contributed by atoms with Crippen LogP contribution in [0.5, 0.6) is 0 Å². The molecule has 1 aliphatic carbocycles. The molecule has 1 heterocycles. The zero-order valence-electron chi connectivity index (χ0n) is 13.1. The van der Waals surface area contributed by atoms with Crippen LogP contribution >= 0.6 is 0 Å². The minimum atomic E-state index is 0.147. The van der Waals surface area contributed by atoms with Crippen molar-refractivity contribution in [2.24, 2.45) is 11.8 Å². The molecule has 1 aliphatic heterocycles. The first-order valence-electron chi connectivity index (χ1n) is 7.88. The Morgan fingerprint density at radius 3 is 2.45 bits per heavy atom. The number of rotatable bonds is 4. The predicted octanol–water partition coefficient (Wildman–Crippen LogP) is 4.03. The van der Waals surface area contributed by atoms with E-state index in [-0.39, 0.29) is 11.4 Å². The van der Waals surface area contributed by atoms with Gasteiger partial charge in [0.2, 0.25) is 0 Å². The zero-order chi connectivity index (χ0) is 14.5. The minimum absolute atomic E-state index is 0.147. The van der Waals surface area contributed by atoms with Gasteiger partial charge in [-0.3, -0.25) is 4.79 Å². The first-order valence-corrected chi connectivity index (χ1v) is 7.88. The van der Waals surface area contributed by atoms with Gasteiger partial charge in [0.05, 0.1) is 0 Å². The fourth-order valence-corrected chi connectivity index (χ4v) is 3.62. The molecule has 1 fully saturated rings. The van der Waals surface area contributed by atoms with Gasteiger partial charge in [0.15, 0.2) is 0 Å². The highest BCUT2D eigenvalue weighted by Gasteiger charge is 2.54. The predicted molar refractivity (Wildman–Crippen MR) is 81.7 cm³/mol. The van der Waals surface area contributed by atoms with Crippen LogP contribution in [0, 0.1) is 11.8 Å². The summed E-state index contributed by atoms with van der Waals surface area (Å²) >= 11 is 0. The fraction of sp³-hybridized carbons (Fsp3) is 0.611. The summed E-state index contributed by atoms with van der Waals surface area (Å²) in [6, 6.07) is 6.44. The summed E-state index contributed by atoms with van der Waals surface area (Å²) < 4.78 is 0. The number of benzene rings is 1. The zero-order valence-corrected chi connectivity index (χ0v) is 13.1. The number of hydrogen-bond acceptors (Lipinski definition) is 1. The van der Waals surface area contributed by atoms with Crippen LogP contribution in [0.4, 0.5) is 0 Å². The number of amides is 1. The topological polar surface area (TPSA) is 20.3 Å². The highest BCUT2D eigenvalue weighted by Crippen LogP contribution is 2.50. The molecule has 1 aromatic carbocycles. The van der Waals surface area contributed by atoms with E-state index in [0.717, 1.165) is 18.5 Å². The highest BCUT2D eigenvalue weighted by atomic mass is 16.2. The van der Waals surface area contributed by atoms with Crippen molar-refractivity contribution in [2.45, 2.75) is 59.0 Å². The monoisotopic (exact) mass is 271 g/mol. The van der Waals surface area contributed by atoms with Gasteiger partial charge in [-0.05, 0) is 48.3 Å². The largest absolute Gasteiger partial charge is 0.328 e. The van der Waals surface area contributed by atoms with Crippen LogP contribution in [-0.4, -0.2) is 16.3 Å². The summed E-state index contributed by atoms with van der Waals surface area (Å²) in [6.07, 6.45) is 3.43. The first kappa shape index (κ1) is 13.7. The summed E-state index contributed by atoms with van der Waals surface area (Å²) in [5, 5.41) is 0. The van der Waals surface area contributed by atoms with E-state index in [4.69, 9.17) is 0 Å². The fourth-order valence-electron chi connectivity index (χ4n) is 3.62. The second-order valence-corrected chi connectivity index (χ2v) is 7.24. The van der Waals surface area contributed by atoms with Crippen molar-refractivity contribution >= 4 is 5.91 Å². The van der Waals surface area contributed by atoms with Crippen LogP contribution in [0.25, 0.3) is 0 Å². The third-order valence-corrected chi connectivity index (χ3v) is 4.99. The normalized spacial score (nSPS) is 19.9. The molecule has 2 aliphatic rings. The van der Waals surface area contributed by atoms with Crippen molar-refractivity contribution in [3.8, 4) is 0 Å². The van der Waals surface area contributed by atoms with Crippen molar-refractivity contribution in [1.82, 2.24) is 4.90 Å². The Kier molecular flexibility index (Phi) is 3.15. The number of nitrogens with zero attached hydrogens (tertiary/aromatic N) is 1. The summed E-state index contributed by atoms with van der Waals surface area (Å²) in [5.41, 5.74) is 3.68. The molecule has 1 amide bonds. The summed E-state index contributed by atoms with van der Waals surface area (Å²) in [4.78, 5) is 14.8. The first-order chi connectivity index (χ1) is 9.44. The molecule has 0 unspecified atom stereocenters. The molecule has 0 aromatic heterocycles. The van der Waals surface area contributed by atoms with Gasteiger partial charge in [-0.1, -0.05) is 39.8 Å². The van der Waals surface area contributed by atoms with Crippen molar-refractivity contribution in [2.75, 3.05) is 0 Å². The lowest BCUT2D eigenvalue weighted by Crippen LogP contribution is -2.41. The highest BCUT2D eigenvalue weighted by molar-refractivity contribution is 5.99. The molecule has 0 bridgehead atoms. The number of fused-ring (bicyclic) bond motifs is 1. The number of hydrogen-bond donors (Lipinski definition) is 0. The third-order valence-electron chi connectivity index (χ3n) is 4.99. The molecule has 0 atom stereocenters. The Morgan fingerprint density at radius 2 is 1.90 bits per heavy atom. The standard InChI is InChI=1S/C18H25NO/c1-12(2)9-14-5-6-16-15(10-14)11-19(17(16)20)18(7-8-18)13(3)4/h5-6,10,12-13H,7-9,11H2,1-4H3. The van der Waals surface area contributed by atoms with Crippen LogP contribution in [0.3, 0.4) is 0 Å². The van der Waals surface area contributed by atoms with E-state index in [1.807, 2.05) is 6.07 Å². The minimum Gasteiger partial charge on any atom is -0.328 e. The Bertz CT molecular complexity index is 540. The van der Waals surface area contributed by atoms with Gasteiger partial charge in [-0.25, -0.2) is 0 Å². The summed E-state index contributed by atoms with van der Waals surface area (Å²) in [5.74, 6) is 1.46. The van der Waals surface area contributed by atoms with Gasteiger partial charge in [0.25, 0.3) is 5.91 Å². The smallest absolute Gasteiger partial charge is 0.254 e. The van der Waals surface area contributed by atoms with Crippen LogP contribution in [0.2, 0.25) is 0 Å². The van der Waals surface area contributed by atoms with Crippen LogP contribution in [0.15, 0.2) is 18.2 Å². The maximum absolute atomic E-state index is 12.6. The van der Waals surface area contributed by atoms with Crippen molar-refractivity contribution in [3.63, 3.8) is 0 Å². The number of carbonyl (C=O) groups is 1. The number of carbonyl (C=O) groups excluding carboxylic acids is 1. The van der Waals surface area contributed by atoms with Gasteiger partial charge in [-0.2, -0.15) is 0 Å². The molecular weight excluding hydrogens is 246 g/mol. The lowest BCUT2D eigenvalue weighted by molar-refractivity contribution is 0.0609. The quantitative estimate of drug-likeness (QED) is 0.809. The van der Waals surface area contributed by atoms with Crippen molar-refractivity contribution in [3.05, 3.63) is 34.9 Å². The van der Waals surface area contributed by atoms with E-state index < -0.39 is 0 Å². The van der Waals surface area contributed by atoms with Crippen molar-refractivity contribution < 1.29 is 4.79 Å². The average molecular weight is 271 g/mol. The average Bonchev–Trinajstić information content (AvgIpc) is 3.10. The Morgan fingerprint density at radius 1 is 1.20 bits per heavy atom. The van der Waals surface area contributed by atoms with Gasteiger partial charge < -0.3 is 4.90 Å². The van der Waals surface area contributed by atoms with E-state index >= 15 is 0 Å². The van der Waals surface area contributed by atoms with Gasteiger partial charge in [0.1, 0.15) is 0 Å². The third kappa shape index (κ3) is 2.06. The molecule has 108 valence electrons. The molecule has 2 heteroatoms. The lowest BCUT2D eigenvalue weighted by Gasteiger charge is -2.31. The van der Waals surface area contributed by atoms with Crippen LogP contribution in [0.1, 0.15) is 62.0 Å². The molecular formula is C18H25NO. The molecule has 1 aromatic rings. The Balaban J connectivity index is 1.87. The van der Waals surface area contributed by atoms with Gasteiger partial charge in [-0.15, -0.1) is 0 Å². The maximum atomic E-state index is 12.6. The van der Waals surface area contributed by atoms with Gasteiger partial charge in [0, 0.05) is 17.6 Å². The molecule has 20 heavy (non-hydrogen) atoms. The molecule has 3 rings (SSSR count). The van der Waals surface area contributed by atoms with E-state index in [2.05, 4.69) is 44.7 Å². The SMILES string of the molecule is CC(C)Cc1ccc2c(c1)CN(C1(C(C)C)CC1)C2=O. The van der Waals surface area contributed by atoms with E-state index in [1.165, 1.54) is 24.0 Å². The molecule has 0 saturated heterocycles. The van der Waals surface area contributed by atoms with E-state index in [9.17, 15) is 4.79 Å². The summed E-state index contributed by atoms with van der Waals surface area (Å²) in [7, 11) is 0. The van der Waals surface area contributed by atoms with Crippen LogP contribution in [-0.2, 0) is 13.0 Å². The molecule has 0 N–H and O–H groups in total. The second kappa shape index (κ2) is 4.61. The molecule has 0 radical (unpaired) electrons. The molecule has 0 spiro atoms. The van der Waals surface area contributed by atoms with Crippen LogP contribution < -0.4 is 0 Å². The summed E-state index contributed by atoms with van der Waals surface area (Å²) in [6.45, 7) is 9.78. The lowest BCUT2D eigenvalue weighted by atomic mass is 9.99. The molecule has 2 nitrogen and oxygen atoms in total. The van der Waals surface area contributed by atoms with E-state index in [0.29, 0.717) is 11.8 Å². The van der Waals surface area contributed by atoms with Crippen molar-refractivity contribution in [1.29, 1.82) is 0 Å².